The Balaban J connectivity index is 2.07. The Bertz CT molecular complexity index is 306. The van der Waals surface area contributed by atoms with Gasteiger partial charge in [0.1, 0.15) is 5.82 Å². The zero-order valence-corrected chi connectivity index (χ0v) is 7.82. The predicted molar refractivity (Wildman–Crippen MR) is 51.1 cm³/mol. The van der Waals surface area contributed by atoms with Crippen LogP contribution < -0.4 is 5.73 Å². The summed E-state index contributed by atoms with van der Waals surface area (Å²) in [7, 11) is 0. The molecule has 0 unspecified atom stereocenters. The first-order valence-electron chi connectivity index (χ1n) is 4.56. The van der Waals surface area contributed by atoms with E-state index >= 15 is 0 Å². The second-order valence-corrected chi connectivity index (χ2v) is 3.46. The molecule has 0 bridgehead atoms. The van der Waals surface area contributed by atoms with Crippen LogP contribution in [0, 0.1) is 6.92 Å². The van der Waals surface area contributed by atoms with Gasteiger partial charge in [-0.25, -0.2) is 9.97 Å². The van der Waals surface area contributed by atoms with E-state index < -0.39 is 0 Å². The van der Waals surface area contributed by atoms with Gasteiger partial charge in [-0.15, -0.1) is 0 Å². The van der Waals surface area contributed by atoms with Crippen LogP contribution in [0.15, 0.2) is 6.20 Å². The summed E-state index contributed by atoms with van der Waals surface area (Å²) in [6, 6.07) is 0. The van der Waals surface area contributed by atoms with E-state index in [9.17, 15) is 0 Å². The second kappa shape index (κ2) is 3.30. The van der Waals surface area contributed by atoms with Crippen LogP contribution in [0.1, 0.15) is 17.9 Å². The molecule has 0 aliphatic carbocycles. The fraction of sp³-hybridized carbons (Fsp3) is 0.556. The number of aryl methyl sites for hydroxylation is 1. The summed E-state index contributed by atoms with van der Waals surface area (Å²) in [6.07, 6.45) is 2.99. The molecule has 2 N–H and O–H groups in total. The van der Waals surface area contributed by atoms with Crippen LogP contribution in [0.5, 0.6) is 0 Å². The normalized spacial score (nSPS) is 17.0. The third kappa shape index (κ3) is 1.78. The maximum atomic E-state index is 5.63. The number of likely N-dealkylation sites (tertiary alicyclic amines) is 1. The Morgan fingerprint density at radius 1 is 1.54 bits per heavy atom. The molecule has 4 nitrogen and oxygen atoms in total. The maximum Gasteiger partial charge on any atom is 0.142 e. The van der Waals surface area contributed by atoms with Crippen LogP contribution in [0.3, 0.4) is 0 Å². The highest BCUT2D eigenvalue weighted by molar-refractivity contribution is 5.38. The van der Waals surface area contributed by atoms with Gasteiger partial charge in [-0.05, 0) is 26.4 Å². The minimum absolute atomic E-state index is 0.673. The molecule has 1 aliphatic heterocycles. The van der Waals surface area contributed by atoms with Crippen LogP contribution in [0.4, 0.5) is 5.69 Å². The summed E-state index contributed by atoms with van der Waals surface area (Å²) in [5, 5.41) is 0. The van der Waals surface area contributed by atoms with Crippen molar-refractivity contribution >= 4 is 5.69 Å². The molecule has 1 saturated heterocycles. The quantitative estimate of drug-likeness (QED) is 0.719. The highest BCUT2D eigenvalue weighted by Gasteiger charge is 2.15. The molecule has 0 spiro atoms. The van der Waals surface area contributed by atoms with Crippen LogP contribution in [0.25, 0.3) is 0 Å². The SMILES string of the molecule is Cc1nc(CN2CCC2)ncc1N. The third-order valence-electron chi connectivity index (χ3n) is 2.38. The first-order chi connectivity index (χ1) is 6.25. The Kier molecular flexibility index (Phi) is 2.14. The number of anilines is 1. The molecule has 1 aromatic heterocycles. The molecular formula is C9H14N4. The predicted octanol–water partition coefficient (Wildman–Crippen LogP) is 0.573. The van der Waals surface area contributed by atoms with Crippen molar-refractivity contribution in [1.82, 2.24) is 14.9 Å². The smallest absolute Gasteiger partial charge is 0.142 e. The summed E-state index contributed by atoms with van der Waals surface area (Å²) in [5.74, 6) is 0.881. The van der Waals surface area contributed by atoms with E-state index in [1.54, 1.807) is 6.20 Å². The Hall–Kier alpha value is -1.16. The molecule has 0 aromatic carbocycles. The lowest BCUT2D eigenvalue weighted by Crippen LogP contribution is -2.36. The number of nitrogens with two attached hydrogens (primary N) is 1. The molecule has 2 heterocycles. The van der Waals surface area contributed by atoms with Gasteiger partial charge >= 0.3 is 0 Å². The first kappa shape index (κ1) is 8.44. The minimum atomic E-state index is 0.673. The molecule has 0 saturated carbocycles. The van der Waals surface area contributed by atoms with Gasteiger partial charge in [0.15, 0.2) is 0 Å². The molecule has 70 valence electrons. The zero-order chi connectivity index (χ0) is 9.26. The fourth-order valence-electron chi connectivity index (χ4n) is 1.34. The number of hydrogen-bond donors (Lipinski definition) is 1. The standard InChI is InChI=1S/C9H14N4/c1-7-8(10)5-11-9(12-7)6-13-3-2-4-13/h5H,2-4,6,10H2,1H3. The zero-order valence-electron chi connectivity index (χ0n) is 7.82. The van der Waals surface area contributed by atoms with E-state index in [0.717, 1.165) is 18.1 Å². The number of aromatic nitrogens is 2. The fourth-order valence-corrected chi connectivity index (χ4v) is 1.34. The summed E-state index contributed by atoms with van der Waals surface area (Å²) < 4.78 is 0. The Morgan fingerprint density at radius 2 is 2.31 bits per heavy atom. The van der Waals surface area contributed by atoms with Gasteiger partial charge in [0, 0.05) is 0 Å². The average Bonchev–Trinajstić information content (AvgIpc) is 2.04. The van der Waals surface area contributed by atoms with Crippen molar-refractivity contribution in [2.75, 3.05) is 18.8 Å². The van der Waals surface area contributed by atoms with E-state index in [1.807, 2.05) is 6.92 Å². The van der Waals surface area contributed by atoms with Crippen molar-refractivity contribution in [2.45, 2.75) is 19.9 Å². The van der Waals surface area contributed by atoms with Crippen LogP contribution >= 0.6 is 0 Å². The van der Waals surface area contributed by atoms with Gasteiger partial charge in [-0.1, -0.05) is 0 Å². The van der Waals surface area contributed by atoms with Gasteiger partial charge in [0.2, 0.25) is 0 Å². The molecule has 0 amide bonds. The Morgan fingerprint density at radius 3 is 2.85 bits per heavy atom. The molecule has 1 fully saturated rings. The van der Waals surface area contributed by atoms with Crippen molar-refractivity contribution in [3.05, 3.63) is 17.7 Å². The van der Waals surface area contributed by atoms with Gasteiger partial charge < -0.3 is 5.73 Å². The van der Waals surface area contributed by atoms with E-state index in [0.29, 0.717) is 5.69 Å². The van der Waals surface area contributed by atoms with Crippen molar-refractivity contribution in [2.24, 2.45) is 0 Å². The summed E-state index contributed by atoms with van der Waals surface area (Å²) >= 11 is 0. The van der Waals surface area contributed by atoms with Gasteiger partial charge in [0.05, 0.1) is 24.1 Å². The minimum Gasteiger partial charge on any atom is -0.396 e. The van der Waals surface area contributed by atoms with Crippen molar-refractivity contribution in [3.63, 3.8) is 0 Å². The van der Waals surface area contributed by atoms with Crippen LogP contribution in [-0.4, -0.2) is 28.0 Å². The van der Waals surface area contributed by atoms with Crippen molar-refractivity contribution in [1.29, 1.82) is 0 Å². The number of hydrogen-bond acceptors (Lipinski definition) is 4. The lowest BCUT2D eigenvalue weighted by atomic mass is 10.2. The highest BCUT2D eigenvalue weighted by atomic mass is 15.2. The van der Waals surface area contributed by atoms with Crippen LogP contribution in [0.2, 0.25) is 0 Å². The molecule has 2 rings (SSSR count). The second-order valence-electron chi connectivity index (χ2n) is 3.46. The first-order valence-corrected chi connectivity index (χ1v) is 4.56. The average molecular weight is 178 g/mol. The van der Waals surface area contributed by atoms with E-state index in [2.05, 4.69) is 14.9 Å². The molecule has 0 radical (unpaired) electrons. The molecule has 1 aliphatic rings. The third-order valence-corrected chi connectivity index (χ3v) is 2.38. The Labute approximate surface area is 77.8 Å². The maximum absolute atomic E-state index is 5.63. The number of nitrogens with zero attached hydrogens (tertiary/aromatic N) is 3. The summed E-state index contributed by atoms with van der Waals surface area (Å²) in [5.41, 5.74) is 7.18. The van der Waals surface area contributed by atoms with Crippen molar-refractivity contribution < 1.29 is 0 Å². The van der Waals surface area contributed by atoms with E-state index in [4.69, 9.17) is 5.73 Å². The van der Waals surface area contributed by atoms with Crippen molar-refractivity contribution in [3.8, 4) is 0 Å². The number of rotatable bonds is 2. The molecule has 1 aromatic rings. The largest absolute Gasteiger partial charge is 0.396 e. The molecule has 13 heavy (non-hydrogen) atoms. The van der Waals surface area contributed by atoms with E-state index in [1.165, 1.54) is 19.5 Å². The van der Waals surface area contributed by atoms with Gasteiger partial charge in [0.25, 0.3) is 0 Å². The lowest BCUT2D eigenvalue weighted by molar-refractivity contribution is 0.168. The van der Waals surface area contributed by atoms with Crippen LogP contribution in [-0.2, 0) is 6.54 Å². The molecule has 0 atom stereocenters. The highest BCUT2D eigenvalue weighted by Crippen LogP contribution is 2.11. The van der Waals surface area contributed by atoms with E-state index in [-0.39, 0.29) is 0 Å². The molecule has 4 heteroatoms. The summed E-state index contributed by atoms with van der Waals surface area (Å²) in [6.45, 7) is 5.12. The summed E-state index contributed by atoms with van der Waals surface area (Å²) in [4.78, 5) is 10.8. The monoisotopic (exact) mass is 178 g/mol. The topological polar surface area (TPSA) is 55.0 Å². The number of nitrogen functional groups attached to an aromatic ring is 1. The van der Waals surface area contributed by atoms with Gasteiger partial charge in [-0.2, -0.15) is 0 Å². The molecular weight excluding hydrogens is 164 g/mol. The lowest BCUT2D eigenvalue weighted by Gasteiger charge is -2.29. The van der Waals surface area contributed by atoms with Gasteiger partial charge in [-0.3, -0.25) is 4.90 Å².